The van der Waals surface area contributed by atoms with Crippen LogP contribution >= 0.6 is 23.1 Å². The van der Waals surface area contributed by atoms with Crippen molar-refractivity contribution in [2.75, 3.05) is 6.54 Å². The molecule has 0 N–H and O–H groups in total. The van der Waals surface area contributed by atoms with Crippen LogP contribution in [-0.2, 0) is 21.2 Å². The number of sulfonamides is 1. The van der Waals surface area contributed by atoms with Crippen LogP contribution in [0.4, 0.5) is 0 Å². The van der Waals surface area contributed by atoms with Crippen LogP contribution in [0, 0.1) is 0 Å². The summed E-state index contributed by atoms with van der Waals surface area (Å²) in [4.78, 5) is 15.4. The molecule has 0 spiro atoms. The Morgan fingerprint density at radius 1 is 1.22 bits per heavy atom. The van der Waals surface area contributed by atoms with Gasteiger partial charge in [0.1, 0.15) is 0 Å². The van der Waals surface area contributed by atoms with Gasteiger partial charge in [0.2, 0.25) is 0 Å². The highest BCUT2D eigenvalue weighted by atomic mass is 32.2. The molecule has 0 saturated carbocycles. The summed E-state index contributed by atoms with van der Waals surface area (Å²) in [5, 5.41) is 2.06. The van der Waals surface area contributed by atoms with Crippen molar-refractivity contribution in [2.45, 2.75) is 18.2 Å². The highest BCUT2D eigenvalue weighted by Gasteiger charge is 2.34. The van der Waals surface area contributed by atoms with E-state index in [1.807, 2.05) is 24.4 Å². The van der Waals surface area contributed by atoms with Crippen LogP contribution in [0.2, 0.25) is 0 Å². The van der Waals surface area contributed by atoms with Crippen molar-refractivity contribution in [2.24, 2.45) is 4.40 Å². The number of hydrogen-bond donors (Lipinski definition) is 0. The number of nitrogens with zero attached hydrogens (tertiary/aromatic N) is 2. The molecule has 140 valence electrons. The number of benzene rings is 1. The molecule has 5 nitrogen and oxygen atoms in total. The van der Waals surface area contributed by atoms with Crippen LogP contribution in [-0.4, -0.2) is 30.9 Å². The van der Waals surface area contributed by atoms with Crippen LogP contribution in [0.15, 0.2) is 68.6 Å². The van der Waals surface area contributed by atoms with Crippen molar-refractivity contribution in [3.63, 3.8) is 0 Å². The second-order valence-corrected chi connectivity index (χ2v) is 9.27. The van der Waals surface area contributed by atoms with Crippen LogP contribution < -0.4 is 0 Å². The summed E-state index contributed by atoms with van der Waals surface area (Å²) in [5.41, 5.74) is 1.04. The third-order valence-electron chi connectivity index (χ3n) is 3.84. The van der Waals surface area contributed by atoms with Gasteiger partial charge < -0.3 is 0 Å². The van der Waals surface area contributed by atoms with Gasteiger partial charge in [-0.3, -0.25) is 9.69 Å². The third kappa shape index (κ3) is 4.40. The Morgan fingerprint density at radius 2 is 1.96 bits per heavy atom. The Hall–Kier alpha value is -2.16. The maximum Gasteiger partial charge on any atom is 0.284 e. The standard InChI is InChI=1S/C19H18N2O3S3/c1-3-11-21-18(22)17(13-15-6-5-12-25-15)26-19(21)20-27(23,24)16-9-7-14(4-2)8-10-16/h3,5-10,12-13H,1,4,11H2,2H3/b17-13-,20-19+. The third-order valence-corrected chi connectivity index (χ3v) is 7.07. The Kier molecular flexibility index (Phi) is 5.98. The van der Waals surface area contributed by atoms with Crippen molar-refractivity contribution in [1.82, 2.24) is 4.90 Å². The highest BCUT2D eigenvalue weighted by molar-refractivity contribution is 8.19. The number of thiophene rings is 1. The molecule has 0 radical (unpaired) electrons. The molecular formula is C19H18N2O3S3. The quantitative estimate of drug-likeness (QED) is 0.522. The van der Waals surface area contributed by atoms with Crippen molar-refractivity contribution in [3.8, 4) is 0 Å². The zero-order valence-electron chi connectivity index (χ0n) is 14.7. The van der Waals surface area contributed by atoms with E-state index in [9.17, 15) is 13.2 Å². The van der Waals surface area contributed by atoms with E-state index in [-0.39, 0.29) is 22.5 Å². The number of aryl methyl sites for hydroxylation is 1. The first-order valence-corrected chi connectivity index (χ1v) is 11.4. The Morgan fingerprint density at radius 3 is 2.56 bits per heavy atom. The van der Waals surface area contributed by atoms with Gasteiger partial charge in [-0.2, -0.15) is 8.42 Å². The van der Waals surface area contributed by atoms with E-state index in [4.69, 9.17) is 0 Å². The molecular weight excluding hydrogens is 400 g/mol. The second kappa shape index (κ2) is 8.24. The molecule has 0 atom stereocenters. The molecule has 1 fully saturated rings. The minimum absolute atomic E-state index is 0.106. The summed E-state index contributed by atoms with van der Waals surface area (Å²) in [6, 6.07) is 10.4. The van der Waals surface area contributed by atoms with E-state index in [0.29, 0.717) is 4.91 Å². The van der Waals surface area contributed by atoms with Crippen LogP contribution in [0.5, 0.6) is 0 Å². The Bertz CT molecular complexity index is 1000. The first kappa shape index (κ1) is 19.6. The number of hydrogen-bond acceptors (Lipinski definition) is 5. The van der Waals surface area contributed by atoms with Gasteiger partial charge in [0.25, 0.3) is 15.9 Å². The smallest absolute Gasteiger partial charge is 0.282 e. The molecule has 1 aromatic heterocycles. The van der Waals surface area contributed by atoms with Crippen molar-refractivity contribution in [3.05, 3.63) is 69.8 Å². The average molecular weight is 419 g/mol. The molecule has 1 aliphatic heterocycles. The number of carbonyl (C=O) groups is 1. The lowest BCUT2D eigenvalue weighted by molar-refractivity contribution is -0.121. The van der Waals surface area contributed by atoms with E-state index in [1.54, 1.807) is 36.4 Å². The monoisotopic (exact) mass is 418 g/mol. The maximum absolute atomic E-state index is 12.7. The van der Waals surface area contributed by atoms with Gasteiger partial charge in [-0.15, -0.1) is 22.3 Å². The molecule has 27 heavy (non-hydrogen) atoms. The molecule has 3 rings (SSSR count). The van der Waals surface area contributed by atoms with Gasteiger partial charge in [0.05, 0.1) is 9.80 Å². The predicted molar refractivity (Wildman–Crippen MR) is 112 cm³/mol. The first-order chi connectivity index (χ1) is 12.9. The van der Waals surface area contributed by atoms with Gasteiger partial charge in [0.15, 0.2) is 5.17 Å². The van der Waals surface area contributed by atoms with Crippen molar-refractivity contribution >= 4 is 50.3 Å². The van der Waals surface area contributed by atoms with Crippen molar-refractivity contribution < 1.29 is 13.2 Å². The second-order valence-electron chi connectivity index (χ2n) is 5.68. The van der Waals surface area contributed by atoms with Gasteiger partial charge in [-0.1, -0.05) is 31.2 Å². The molecule has 1 aromatic carbocycles. The molecule has 2 heterocycles. The number of amidine groups is 1. The summed E-state index contributed by atoms with van der Waals surface area (Å²) in [7, 11) is -3.91. The van der Waals surface area contributed by atoms with E-state index in [1.165, 1.54) is 16.2 Å². The molecule has 0 aliphatic carbocycles. The van der Waals surface area contributed by atoms with E-state index in [2.05, 4.69) is 11.0 Å². The lowest BCUT2D eigenvalue weighted by Crippen LogP contribution is -2.29. The van der Waals surface area contributed by atoms with Gasteiger partial charge in [-0.05, 0) is 53.4 Å². The Balaban J connectivity index is 1.96. The fraction of sp³-hybridized carbons (Fsp3) is 0.158. The fourth-order valence-electron chi connectivity index (χ4n) is 2.42. The number of thioether (sulfide) groups is 1. The molecule has 1 amide bonds. The summed E-state index contributed by atoms with van der Waals surface area (Å²) in [6.45, 7) is 5.83. The largest absolute Gasteiger partial charge is 0.284 e. The minimum atomic E-state index is -3.91. The number of carbonyl (C=O) groups excluding carboxylic acids is 1. The number of rotatable bonds is 6. The maximum atomic E-state index is 12.7. The normalized spacial score (nSPS) is 17.8. The topological polar surface area (TPSA) is 66.8 Å². The molecule has 2 aromatic rings. The predicted octanol–water partition coefficient (Wildman–Crippen LogP) is 4.16. The fourth-order valence-corrected chi connectivity index (χ4v) is 5.33. The van der Waals surface area contributed by atoms with Gasteiger partial charge in [0, 0.05) is 11.4 Å². The lowest BCUT2D eigenvalue weighted by atomic mass is 10.2. The van der Waals surface area contributed by atoms with Crippen molar-refractivity contribution in [1.29, 1.82) is 0 Å². The van der Waals surface area contributed by atoms with Gasteiger partial charge in [-0.25, -0.2) is 0 Å². The summed E-state index contributed by atoms with van der Waals surface area (Å²) >= 11 is 2.56. The van der Waals surface area contributed by atoms with Crippen LogP contribution in [0.3, 0.4) is 0 Å². The van der Waals surface area contributed by atoms with E-state index < -0.39 is 10.0 Å². The molecule has 0 bridgehead atoms. The number of amides is 1. The molecule has 8 heteroatoms. The lowest BCUT2D eigenvalue weighted by Gasteiger charge is -2.12. The summed E-state index contributed by atoms with van der Waals surface area (Å²) in [5.74, 6) is -0.274. The zero-order chi connectivity index (χ0) is 19.4. The Labute approximate surface area is 167 Å². The SMILES string of the molecule is C=CCN1C(=O)/C(=C/c2cccs2)S/C1=N/S(=O)(=O)c1ccc(CC)cc1. The molecule has 1 saturated heterocycles. The average Bonchev–Trinajstić information content (AvgIpc) is 3.26. The van der Waals surface area contributed by atoms with Crippen LogP contribution in [0.1, 0.15) is 17.4 Å². The van der Waals surface area contributed by atoms with E-state index in [0.717, 1.165) is 28.6 Å². The molecule has 0 unspecified atom stereocenters. The zero-order valence-corrected chi connectivity index (χ0v) is 17.1. The van der Waals surface area contributed by atoms with Crippen LogP contribution in [0.25, 0.3) is 6.08 Å². The first-order valence-electron chi connectivity index (χ1n) is 8.24. The minimum Gasteiger partial charge on any atom is -0.282 e. The van der Waals surface area contributed by atoms with Gasteiger partial charge >= 0.3 is 0 Å². The van der Waals surface area contributed by atoms with E-state index >= 15 is 0 Å². The summed E-state index contributed by atoms with van der Waals surface area (Å²) in [6.07, 6.45) is 4.12. The highest BCUT2D eigenvalue weighted by Crippen LogP contribution is 2.34. The molecule has 1 aliphatic rings. The summed E-state index contributed by atoms with van der Waals surface area (Å²) < 4.78 is 29.3.